The lowest BCUT2D eigenvalue weighted by Crippen LogP contribution is -2.53. The van der Waals surface area contributed by atoms with E-state index in [0.29, 0.717) is 17.1 Å². The molecular formula is C20H28N2O3. The van der Waals surface area contributed by atoms with Crippen molar-refractivity contribution in [3.8, 4) is 11.5 Å². The lowest BCUT2D eigenvalue weighted by atomic mass is 9.93. The highest BCUT2D eigenvalue weighted by atomic mass is 16.5. The fourth-order valence-electron chi connectivity index (χ4n) is 5.07. The van der Waals surface area contributed by atoms with Gasteiger partial charge in [0.1, 0.15) is 0 Å². The van der Waals surface area contributed by atoms with Gasteiger partial charge in [0.2, 0.25) is 0 Å². The molecule has 0 unspecified atom stereocenters. The maximum atomic E-state index is 12.8. The highest BCUT2D eigenvalue weighted by molar-refractivity contribution is 5.95. The number of hydrogen-bond donors (Lipinski definition) is 0. The van der Waals surface area contributed by atoms with Gasteiger partial charge in [0.05, 0.1) is 14.2 Å². The van der Waals surface area contributed by atoms with E-state index in [4.69, 9.17) is 9.47 Å². The van der Waals surface area contributed by atoms with Crippen molar-refractivity contribution in [3.63, 3.8) is 0 Å². The van der Waals surface area contributed by atoms with Crippen LogP contribution in [0.15, 0.2) is 18.2 Å². The molecular weight excluding hydrogens is 316 g/mol. The van der Waals surface area contributed by atoms with Crippen LogP contribution < -0.4 is 9.47 Å². The summed E-state index contributed by atoms with van der Waals surface area (Å²) in [6, 6.07) is 6.18. The van der Waals surface area contributed by atoms with Crippen LogP contribution >= 0.6 is 0 Å². The largest absolute Gasteiger partial charge is 0.493 e. The Balaban J connectivity index is 1.38. The molecule has 4 rings (SSSR count). The van der Waals surface area contributed by atoms with Crippen LogP contribution in [-0.4, -0.2) is 62.1 Å². The topological polar surface area (TPSA) is 42.0 Å². The van der Waals surface area contributed by atoms with Gasteiger partial charge < -0.3 is 14.4 Å². The summed E-state index contributed by atoms with van der Waals surface area (Å²) in [5, 5.41) is 0. The van der Waals surface area contributed by atoms with Gasteiger partial charge in [-0.3, -0.25) is 9.69 Å². The van der Waals surface area contributed by atoms with E-state index >= 15 is 0 Å². The van der Waals surface area contributed by atoms with Gasteiger partial charge in [-0.1, -0.05) is 6.42 Å². The molecule has 0 N–H and O–H groups in total. The lowest BCUT2D eigenvalue weighted by molar-refractivity contribution is 0.0495. The zero-order valence-corrected chi connectivity index (χ0v) is 15.2. The van der Waals surface area contributed by atoms with Gasteiger partial charge in [-0.15, -0.1) is 0 Å². The number of nitrogens with zero attached hydrogens (tertiary/aromatic N) is 2. The SMILES string of the molecule is COc1ccc(C(=O)N2CCN([C@@H]3C[C@H]4CC[C@@H]3C4)CC2)cc1OC. The number of fused-ring (bicyclic) bond motifs is 2. The van der Waals surface area contributed by atoms with Crippen molar-refractivity contribution in [1.82, 2.24) is 9.80 Å². The van der Waals surface area contributed by atoms with E-state index in [0.717, 1.165) is 44.1 Å². The normalized spacial score (nSPS) is 29.0. The van der Waals surface area contributed by atoms with Crippen molar-refractivity contribution < 1.29 is 14.3 Å². The van der Waals surface area contributed by atoms with Crippen LogP contribution in [0.5, 0.6) is 11.5 Å². The summed E-state index contributed by atoms with van der Waals surface area (Å²) >= 11 is 0. The molecule has 5 nitrogen and oxygen atoms in total. The first-order chi connectivity index (χ1) is 12.2. The molecule has 0 spiro atoms. The number of carbonyl (C=O) groups is 1. The molecule has 1 aromatic rings. The Morgan fingerprint density at radius 1 is 1.00 bits per heavy atom. The molecule has 136 valence electrons. The molecule has 2 bridgehead atoms. The summed E-state index contributed by atoms with van der Waals surface area (Å²) in [5.74, 6) is 3.24. The van der Waals surface area contributed by atoms with Crippen molar-refractivity contribution in [3.05, 3.63) is 23.8 Å². The number of hydrogen-bond acceptors (Lipinski definition) is 4. The van der Waals surface area contributed by atoms with Crippen LogP contribution in [0, 0.1) is 11.8 Å². The Hall–Kier alpha value is -1.75. The number of piperazine rings is 1. The standard InChI is InChI=1S/C20H28N2O3/c1-24-18-6-5-16(13-19(18)25-2)20(23)22-9-7-21(8-10-22)17-12-14-3-4-15(17)11-14/h5-6,13-15,17H,3-4,7-12H2,1-2H3/t14-,15+,17+/m0/s1. The number of amides is 1. The van der Waals surface area contributed by atoms with E-state index in [-0.39, 0.29) is 5.91 Å². The monoisotopic (exact) mass is 344 g/mol. The predicted octanol–water partition coefficient (Wildman–Crippen LogP) is 2.65. The average molecular weight is 344 g/mol. The van der Waals surface area contributed by atoms with E-state index in [1.165, 1.54) is 25.7 Å². The van der Waals surface area contributed by atoms with Crippen molar-refractivity contribution in [1.29, 1.82) is 0 Å². The van der Waals surface area contributed by atoms with E-state index < -0.39 is 0 Å². The maximum Gasteiger partial charge on any atom is 0.254 e. The summed E-state index contributed by atoms with van der Waals surface area (Å²) in [7, 11) is 3.20. The molecule has 3 fully saturated rings. The first kappa shape index (κ1) is 16.7. The molecule has 25 heavy (non-hydrogen) atoms. The highest BCUT2D eigenvalue weighted by Crippen LogP contribution is 2.46. The third kappa shape index (κ3) is 3.10. The Kier molecular flexibility index (Phi) is 4.59. The van der Waals surface area contributed by atoms with Gasteiger partial charge in [0, 0.05) is 37.8 Å². The summed E-state index contributed by atoms with van der Waals surface area (Å²) in [6.45, 7) is 3.65. The number of rotatable bonds is 4. The van der Waals surface area contributed by atoms with Gasteiger partial charge in [0.15, 0.2) is 11.5 Å². The minimum atomic E-state index is 0.0912. The van der Waals surface area contributed by atoms with Gasteiger partial charge in [0.25, 0.3) is 5.91 Å². The van der Waals surface area contributed by atoms with Gasteiger partial charge >= 0.3 is 0 Å². The van der Waals surface area contributed by atoms with Gasteiger partial charge in [-0.05, 0) is 49.3 Å². The first-order valence-electron chi connectivity index (χ1n) is 9.45. The Morgan fingerprint density at radius 3 is 2.36 bits per heavy atom. The maximum absolute atomic E-state index is 12.8. The predicted molar refractivity (Wildman–Crippen MR) is 96.3 cm³/mol. The number of benzene rings is 1. The minimum Gasteiger partial charge on any atom is -0.493 e. The molecule has 1 heterocycles. The van der Waals surface area contributed by atoms with Crippen LogP contribution in [-0.2, 0) is 0 Å². The molecule has 3 atom stereocenters. The fraction of sp³-hybridized carbons (Fsp3) is 0.650. The Bertz CT molecular complexity index is 640. The first-order valence-corrected chi connectivity index (χ1v) is 9.45. The number of ether oxygens (including phenoxy) is 2. The fourth-order valence-corrected chi connectivity index (χ4v) is 5.07. The Labute approximate surface area is 149 Å². The molecule has 1 amide bonds. The lowest BCUT2D eigenvalue weighted by Gasteiger charge is -2.41. The minimum absolute atomic E-state index is 0.0912. The molecule has 0 radical (unpaired) electrons. The average Bonchev–Trinajstić information content (AvgIpc) is 3.30. The van der Waals surface area contributed by atoms with Crippen LogP contribution in [0.4, 0.5) is 0 Å². The number of carbonyl (C=O) groups excluding carboxylic acids is 1. The van der Waals surface area contributed by atoms with E-state index in [1.807, 2.05) is 11.0 Å². The zero-order valence-electron chi connectivity index (χ0n) is 15.2. The highest BCUT2D eigenvalue weighted by Gasteiger charge is 2.42. The quantitative estimate of drug-likeness (QED) is 0.842. The van der Waals surface area contributed by atoms with Crippen molar-refractivity contribution in [2.45, 2.75) is 31.7 Å². The molecule has 1 aromatic carbocycles. The van der Waals surface area contributed by atoms with E-state index in [1.54, 1.807) is 26.4 Å². The summed E-state index contributed by atoms with van der Waals surface area (Å²) < 4.78 is 10.6. The molecule has 2 saturated carbocycles. The zero-order chi connectivity index (χ0) is 17.4. The van der Waals surface area contributed by atoms with Crippen LogP contribution in [0.1, 0.15) is 36.0 Å². The van der Waals surface area contributed by atoms with Gasteiger partial charge in [-0.25, -0.2) is 0 Å². The molecule has 5 heteroatoms. The second-order valence-corrected chi connectivity index (χ2v) is 7.64. The molecule has 1 saturated heterocycles. The molecule has 3 aliphatic rings. The van der Waals surface area contributed by atoms with Gasteiger partial charge in [-0.2, -0.15) is 0 Å². The van der Waals surface area contributed by atoms with Crippen LogP contribution in [0.3, 0.4) is 0 Å². The van der Waals surface area contributed by atoms with E-state index in [9.17, 15) is 4.79 Å². The summed E-state index contributed by atoms with van der Waals surface area (Å²) in [4.78, 5) is 17.5. The second kappa shape index (κ2) is 6.87. The third-order valence-electron chi connectivity index (χ3n) is 6.40. The third-order valence-corrected chi connectivity index (χ3v) is 6.40. The smallest absolute Gasteiger partial charge is 0.254 e. The van der Waals surface area contributed by atoms with E-state index in [2.05, 4.69) is 4.90 Å². The van der Waals surface area contributed by atoms with Crippen molar-refractivity contribution >= 4 is 5.91 Å². The second-order valence-electron chi connectivity index (χ2n) is 7.64. The molecule has 1 aliphatic heterocycles. The van der Waals surface area contributed by atoms with Crippen LogP contribution in [0.2, 0.25) is 0 Å². The molecule has 0 aromatic heterocycles. The molecule has 2 aliphatic carbocycles. The van der Waals surface area contributed by atoms with Crippen molar-refractivity contribution in [2.75, 3.05) is 40.4 Å². The number of methoxy groups -OCH3 is 2. The summed E-state index contributed by atoms with van der Waals surface area (Å²) in [6.07, 6.45) is 5.68. The summed E-state index contributed by atoms with van der Waals surface area (Å²) in [5.41, 5.74) is 0.672. The Morgan fingerprint density at radius 2 is 1.76 bits per heavy atom. The van der Waals surface area contributed by atoms with Crippen molar-refractivity contribution in [2.24, 2.45) is 11.8 Å². The van der Waals surface area contributed by atoms with Crippen LogP contribution in [0.25, 0.3) is 0 Å².